The number of anilines is 1. The fourth-order valence-corrected chi connectivity index (χ4v) is 3.21. The monoisotopic (exact) mass is 341 g/mol. The lowest BCUT2D eigenvalue weighted by Gasteiger charge is -2.24. The largest absolute Gasteiger partial charge is 0.467 e. The maximum Gasteiger partial charge on any atom is 0.255 e. The predicted molar refractivity (Wildman–Crippen MR) is 95.5 cm³/mol. The van der Waals surface area contributed by atoms with Gasteiger partial charge in [-0.1, -0.05) is 18.2 Å². The molecule has 132 valence electrons. The molecule has 1 atom stereocenters. The maximum atomic E-state index is 12.4. The normalized spacial score (nSPS) is 15.8. The Kier molecular flexibility index (Phi) is 5.07. The van der Waals surface area contributed by atoms with Crippen LogP contribution in [0.1, 0.15) is 35.5 Å². The number of furan rings is 1. The third-order valence-corrected chi connectivity index (χ3v) is 4.44. The Labute approximate surface area is 147 Å². The van der Waals surface area contributed by atoms with Gasteiger partial charge in [0, 0.05) is 18.3 Å². The van der Waals surface area contributed by atoms with Crippen molar-refractivity contribution in [3.8, 4) is 0 Å². The number of likely N-dealkylation sites (N-methyl/N-ethyl adjacent to an activating group) is 1. The topological polar surface area (TPSA) is 74.6 Å². The number of nitrogens with one attached hydrogen (secondary N) is 2. The molecule has 2 N–H and O–H groups in total. The summed E-state index contributed by atoms with van der Waals surface area (Å²) in [6.07, 6.45) is 2.50. The van der Waals surface area contributed by atoms with Gasteiger partial charge in [0.05, 0.1) is 24.9 Å². The zero-order chi connectivity index (χ0) is 17.8. The molecular formula is C19H23N3O3. The second-order valence-electron chi connectivity index (χ2n) is 6.20. The van der Waals surface area contributed by atoms with Crippen LogP contribution >= 0.6 is 0 Å². The van der Waals surface area contributed by atoms with Gasteiger partial charge >= 0.3 is 0 Å². The Hall–Kier alpha value is -2.76. The number of benzene rings is 1. The highest BCUT2D eigenvalue weighted by atomic mass is 16.3. The summed E-state index contributed by atoms with van der Waals surface area (Å²) in [7, 11) is 0. The molecule has 0 spiro atoms. The van der Waals surface area contributed by atoms with E-state index in [1.165, 1.54) is 17.5 Å². The Morgan fingerprint density at radius 2 is 2.04 bits per heavy atom. The van der Waals surface area contributed by atoms with Crippen molar-refractivity contribution in [3.63, 3.8) is 0 Å². The number of carbonyl (C=O) groups is 2. The van der Waals surface area contributed by atoms with Crippen molar-refractivity contribution in [1.82, 2.24) is 10.6 Å². The van der Waals surface area contributed by atoms with Gasteiger partial charge in [-0.25, -0.2) is 0 Å². The summed E-state index contributed by atoms with van der Waals surface area (Å²) in [5, 5.41) is 5.29. The van der Waals surface area contributed by atoms with Crippen LogP contribution in [-0.2, 0) is 17.8 Å². The van der Waals surface area contributed by atoms with E-state index in [-0.39, 0.29) is 18.4 Å². The molecule has 0 aliphatic carbocycles. The minimum absolute atomic E-state index is 0.0414. The average molecular weight is 341 g/mol. The minimum Gasteiger partial charge on any atom is -0.467 e. The summed E-state index contributed by atoms with van der Waals surface area (Å²) < 4.78 is 5.56. The van der Waals surface area contributed by atoms with Crippen LogP contribution in [0, 0.1) is 0 Å². The van der Waals surface area contributed by atoms with Crippen LogP contribution in [0.15, 0.2) is 41.0 Å². The van der Waals surface area contributed by atoms with E-state index in [1.54, 1.807) is 6.07 Å². The Morgan fingerprint density at radius 1 is 1.24 bits per heavy atom. The molecule has 25 heavy (non-hydrogen) atoms. The first-order chi connectivity index (χ1) is 12.1. The van der Waals surface area contributed by atoms with Gasteiger partial charge in [-0.2, -0.15) is 0 Å². The van der Waals surface area contributed by atoms with Crippen molar-refractivity contribution >= 4 is 17.5 Å². The van der Waals surface area contributed by atoms with E-state index in [1.807, 2.05) is 19.1 Å². The third-order valence-electron chi connectivity index (χ3n) is 4.44. The van der Waals surface area contributed by atoms with Crippen molar-refractivity contribution in [1.29, 1.82) is 0 Å². The summed E-state index contributed by atoms with van der Waals surface area (Å²) >= 11 is 0. The summed E-state index contributed by atoms with van der Waals surface area (Å²) in [6.45, 7) is 5.02. The molecule has 0 fully saturated rings. The first-order valence-corrected chi connectivity index (χ1v) is 8.56. The Bertz CT molecular complexity index is 769. The van der Waals surface area contributed by atoms with Crippen LogP contribution in [0.2, 0.25) is 0 Å². The number of rotatable bonds is 6. The van der Waals surface area contributed by atoms with E-state index in [9.17, 15) is 9.59 Å². The van der Waals surface area contributed by atoms with Crippen LogP contribution in [0.25, 0.3) is 0 Å². The number of para-hydroxylation sites is 1. The van der Waals surface area contributed by atoms with Gasteiger partial charge in [0.1, 0.15) is 5.76 Å². The zero-order valence-corrected chi connectivity index (χ0v) is 14.5. The molecule has 0 bridgehead atoms. The highest BCUT2D eigenvalue weighted by molar-refractivity contribution is 5.97. The number of fused-ring (bicyclic) bond motifs is 1. The fraction of sp³-hybridized carbons (Fsp3) is 0.368. The van der Waals surface area contributed by atoms with E-state index >= 15 is 0 Å². The number of hydrogen-bond donors (Lipinski definition) is 2. The lowest BCUT2D eigenvalue weighted by Crippen LogP contribution is -2.37. The standard InChI is InChI=1S/C19H23N3O3/c1-3-20-18(23)11-21-19(24)15-8-9-25-17(15)12-22-13(2)10-14-6-4-5-7-16(14)22/h4-9,13H,3,10-12H2,1-2H3,(H,20,23)(H,21,24). The highest BCUT2D eigenvalue weighted by Gasteiger charge is 2.28. The molecule has 1 aromatic carbocycles. The van der Waals surface area contributed by atoms with E-state index in [0.29, 0.717) is 30.5 Å². The number of hydrogen-bond acceptors (Lipinski definition) is 4. The van der Waals surface area contributed by atoms with Gasteiger partial charge in [0.2, 0.25) is 5.91 Å². The number of amides is 2. The molecule has 1 aromatic heterocycles. The lowest BCUT2D eigenvalue weighted by molar-refractivity contribution is -0.120. The molecular weight excluding hydrogens is 318 g/mol. The molecule has 2 amide bonds. The first kappa shape index (κ1) is 17.1. The summed E-state index contributed by atoms with van der Waals surface area (Å²) in [5.41, 5.74) is 2.96. The molecule has 2 heterocycles. The molecule has 1 unspecified atom stereocenters. The molecule has 1 aliphatic heterocycles. The quantitative estimate of drug-likeness (QED) is 0.844. The zero-order valence-electron chi connectivity index (χ0n) is 14.5. The van der Waals surface area contributed by atoms with Gasteiger partial charge in [0.15, 0.2) is 0 Å². The number of nitrogens with zero attached hydrogens (tertiary/aromatic N) is 1. The molecule has 0 saturated carbocycles. The second kappa shape index (κ2) is 7.42. The van der Waals surface area contributed by atoms with Gasteiger partial charge in [-0.05, 0) is 38.0 Å². The smallest absolute Gasteiger partial charge is 0.255 e. The van der Waals surface area contributed by atoms with Crippen molar-refractivity contribution < 1.29 is 14.0 Å². The third kappa shape index (κ3) is 3.68. The van der Waals surface area contributed by atoms with Crippen LogP contribution in [0.3, 0.4) is 0 Å². The van der Waals surface area contributed by atoms with Gasteiger partial charge in [-0.15, -0.1) is 0 Å². The van der Waals surface area contributed by atoms with Crippen molar-refractivity contribution in [2.24, 2.45) is 0 Å². The van der Waals surface area contributed by atoms with Crippen LogP contribution in [0.4, 0.5) is 5.69 Å². The predicted octanol–water partition coefficient (Wildman–Crippen LogP) is 2.10. The molecule has 0 radical (unpaired) electrons. The number of carbonyl (C=O) groups excluding carboxylic acids is 2. The molecule has 1 aliphatic rings. The molecule has 3 rings (SSSR count). The van der Waals surface area contributed by atoms with E-state index in [4.69, 9.17) is 4.42 Å². The van der Waals surface area contributed by atoms with Gasteiger partial charge in [0.25, 0.3) is 5.91 Å². The average Bonchev–Trinajstić information content (AvgIpc) is 3.18. The molecule has 0 saturated heterocycles. The van der Waals surface area contributed by atoms with Crippen LogP contribution in [-0.4, -0.2) is 30.9 Å². The second-order valence-corrected chi connectivity index (χ2v) is 6.20. The lowest BCUT2D eigenvalue weighted by atomic mass is 10.1. The maximum absolute atomic E-state index is 12.4. The summed E-state index contributed by atoms with van der Waals surface area (Å²) in [6, 6.07) is 10.3. The molecule has 2 aromatic rings. The van der Waals surface area contributed by atoms with Gasteiger partial charge in [-0.3, -0.25) is 9.59 Å². The van der Waals surface area contributed by atoms with E-state index in [2.05, 4.69) is 34.6 Å². The van der Waals surface area contributed by atoms with Gasteiger partial charge < -0.3 is 20.0 Å². The van der Waals surface area contributed by atoms with Crippen molar-refractivity contribution in [3.05, 3.63) is 53.5 Å². The minimum atomic E-state index is -0.296. The van der Waals surface area contributed by atoms with E-state index < -0.39 is 0 Å². The van der Waals surface area contributed by atoms with E-state index in [0.717, 1.165) is 6.42 Å². The fourth-order valence-electron chi connectivity index (χ4n) is 3.21. The summed E-state index contributed by atoms with van der Waals surface area (Å²) in [5.74, 6) is 0.107. The first-order valence-electron chi connectivity index (χ1n) is 8.56. The van der Waals surface area contributed by atoms with Crippen LogP contribution < -0.4 is 15.5 Å². The van der Waals surface area contributed by atoms with Crippen LogP contribution in [0.5, 0.6) is 0 Å². The highest BCUT2D eigenvalue weighted by Crippen LogP contribution is 2.33. The van der Waals surface area contributed by atoms with Crippen molar-refractivity contribution in [2.45, 2.75) is 32.9 Å². The van der Waals surface area contributed by atoms with Crippen molar-refractivity contribution in [2.75, 3.05) is 18.0 Å². The molecule has 6 nitrogen and oxygen atoms in total. The SMILES string of the molecule is CCNC(=O)CNC(=O)c1ccoc1CN1c2ccccc2CC1C. The summed E-state index contributed by atoms with van der Waals surface area (Å²) in [4.78, 5) is 26.1. The molecule has 6 heteroatoms. The Balaban J connectivity index is 1.70. The Morgan fingerprint density at radius 3 is 2.84 bits per heavy atom.